The maximum absolute atomic E-state index is 12.7. The van der Waals surface area contributed by atoms with Gasteiger partial charge >= 0.3 is 12.1 Å². The van der Waals surface area contributed by atoms with Crippen LogP contribution < -0.4 is 5.32 Å². The second-order valence-electron chi connectivity index (χ2n) is 9.64. The Morgan fingerprint density at radius 2 is 1.66 bits per heavy atom. The molecule has 8 heteroatoms. The Morgan fingerprint density at radius 1 is 1.03 bits per heavy atom. The third kappa shape index (κ3) is 4.62. The van der Waals surface area contributed by atoms with Crippen molar-refractivity contribution in [1.29, 1.82) is 0 Å². The summed E-state index contributed by atoms with van der Waals surface area (Å²) in [6.07, 6.45) is 0.889. The molecule has 2 amide bonds. The molecule has 1 heterocycles. The normalized spacial score (nSPS) is 24.7. The van der Waals surface area contributed by atoms with Crippen LogP contribution in [0.15, 0.2) is 48.5 Å². The van der Waals surface area contributed by atoms with Crippen molar-refractivity contribution in [3.8, 4) is 11.1 Å². The molecule has 2 atom stereocenters. The number of amides is 2. The molecule has 0 aromatic heterocycles. The average Bonchev–Trinajstić information content (AvgIpc) is 3.42. The summed E-state index contributed by atoms with van der Waals surface area (Å²) in [5, 5.41) is 11.8. The molecule has 0 bridgehead atoms. The number of nitrogens with one attached hydrogen (secondary N) is 1. The summed E-state index contributed by atoms with van der Waals surface area (Å²) in [7, 11) is 1.71. The number of hydrogen-bond donors (Lipinski definition) is 2. The topological polar surface area (TPSA) is 105 Å². The SMILES string of the molecule is CN(C(=O)C1CCC(CNC(=O)OCC2c3ccccc3-c3ccccc32)O1)C1CC(C(=O)O)C1. The van der Waals surface area contributed by atoms with Gasteiger partial charge in [0.05, 0.1) is 12.0 Å². The number of rotatable bonds is 7. The minimum Gasteiger partial charge on any atom is -0.481 e. The second-order valence-corrected chi connectivity index (χ2v) is 9.64. The lowest BCUT2D eigenvalue weighted by molar-refractivity contribution is -0.154. The third-order valence-electron chi connectivity index (χ3n) is 7.56. The molecule has 0 radical (unpaired) electrons. The minimum absolute atomic E-state index is 0.000602. The number of nitrogens with zero attached hydrogens (tertiary/aromatic N) is 1. The van der Waals surface area contributed by atoms with Crippen molar-refractivity contribution >= 4 is 18.0 Å². The predicted octanol–water partition coefficient (Wildman–Crippen LogP) is 3.39. The number of fused-ring (bicyclic) bond motifs is 3. The van der Waals surface area contributed by atoms with Gasteiger partial charge in [-0.2, -0.15) is 0 Å². The highest BCUT2D eigenvalue weighted by atomic mass is 16.5. The number of alkyl carbamates (subject to hydrolysis) is 1. The lowest BCUT2D eigenvalue weighted by Gasteiger charge is -2.39. The molecule has 1 saturated carbocycles. The van der Waals surface area contributed by atoms with E-state index in [0.29, 0.717) is 25.7 Å². The van der Waals surface area contributed by atoms with Gasteiger partial charge in [-0.05, 0) is 47.9 Å². The Labute approximate surface area is 204 Å². The van der Waals surface area contributed by atoms with Gasteiger partial charge in [-0.3, -0.25) is 9.59 Å². The van der Waals surface area contributed by atoms with Crippen LogP contribution >= 0.6 is 0 Å². The fraction of sp³-hybridized carbons (Fsp3) is 0.444. The molecule has 1 aliphatic heterocycles. The van der Waals surface area contributed by atoms with Crippen LogP contribution in [0.3, 0.4) is 0 Å². The number of carbonyl (C=O) groups is 3. The second kappa shape index (κ2) is 9.70. The molecule has 3 aliphatic rings. The first-order valence-electron chi connectivity index (χ1n) is 12.2. The van der Waals surface area contributed by atoms with E-state index < -0.39 is 18.2 Å². The largest absolute Gasteiger partial charge is 0.481 e. The highest BCUT2D eigenvalue weighted by Gasteiger charge is 2.41. The number of aliphatic carboxylic acids is 1. The van der Waals surface area contributed by atoms with Gasteiger partial charge in [-0.1, -0.05) is 48.5 Å². The Balaban J connectivity index is 1.08. The Morgan fingerprint density at radius 3 is 2.29 bits per heavy atom. The first-order valence-corrected chi connectivity index (χ1v) is 12.2. The van der Waals surface area contributed by atoms with E-state index in [9.17, 15) is 14.4 Å². The number of hydrogen-bond acceptors (Lipinski definition) is 5. The summed E-state index contributed by atoms with van der Waals surface area (Å²) in [5.74, 6) is -1.30. The fourth-order valence-electron chi connectivity index (χ4n) is 5.40. The summed E-state index contributed by atoms with van der Waals surface area (Å²) in [6.45, 7) is 0.519. The van der Waals surface area contributed by atoms with Crippen LogP contribution in [0, 0.1) is 5.92 Å². The monoisotopic (exact) mass is 478 g/mol. The number of carbonyl (C=O) groups excluding carboxylic acids is 2. The predicted molar refractivity (Wildman–Crippen MR) is 128 cm³/mol. The van der Waals surface area contributed by atoms with Crippen LogP contribution in [0.1, 0.15) is 42.7 Å². The third-order valence-corrected chi connectivity index (χ3v) is 7.56. The first-order chi connectivity index (χ1) is 16.9. The number of carboxylic acid groups (broad SMARTS) is 1. The Hall–Kier alpha value is -3.39. The van der Waals surface area contributed by atoms with Crippen molar-refractivity contribution in [1.82, 2.24) is 10.2 Å². The summed E-state index contributed by atoms with van der Waals surface area (Å²) in [5.41, 5.74) is 4.68. The zero-order chi connectivity index (χ0) is 24.5. The van der Waals surface area contributed by atoms with Crippen molar-refractivity contribution in [3.05, 3.63) is 59.7 Å². The molecule has 2 aromatic rings. The van der Waals surface area contributed by atoms with E-state index in [4.69, 9.17) is 14.6 Å². The molecule has 2 N–H and O–H groups in total. The van der Waals surface area contributed by atoms with Gasteiger partial charge < -0.3 is 24.8 Å². The van der Waals surface area contributed by atoms with E-state index in [-0.39, 0.29) is 43.0 Å². The van der Waals surface area contributed by atoms with Crippen LogP contribution in [-0.2, 0) is 19.1 Å². The lowest BCUT2D eigenvalue weighted by Crippen LogP contribution is -2.50. The maximum Gasteiger partial charge on any atom is 0.407 e. The van der Waals surface area contributed by atoms with E-state index in [1.165, 1.54) is 11.1 Å². The maximum atomic E-state index is 12.7. The number of carboxylic acids is 1. The molecule has 5 rings (SSSR count). The first kappa shape index (κ1) is 23.4. The van der Waals surface area contributed by atoms with Gasteiger partial charge in [0, 0.05) is 25.6 Å². The Kier molecular flexibility index (Phi) is 6.47. The molecule has 184 valence electrons. The molecule has 2 aliphatic carbocycles. The van der Waals surface area contributed by atoms with Gasteiger partial charge in [0.15, 0.2) is 0 Å². The summed E-state index contributed by atoms with van der Waals surface area (Å²) < 4.78 is 11.4. The standard InChI is InChI=1S/C27H30N2O6/c1-29(17-12-16(13-17)26(31)32)25(30)24-11-10-18(35-24)14-28-27(33)34-15-23-21-8-4-2-6-19(21)20-7-3-5-9-22(20)23/h2-9,16-18,23-24H,10-15H2,1H3,(H,28,33)(H,31,32). The van der Waals surface area contributed by atoms with Crippen LogP contribution in [0.4, 0.5) is 4.79 Å². The Bertz CT molecular complexity index is 1080. The molecule has 35 heavy (non-hydrogen) atoms. The van der Waals surface area contributed by atoms with Crippen LogP contribution in [-0.4, -0.2) is 66.4 Å². The number of benzene rings is 2. The summed E-state index contributed by atoms with van der Waals surface area (Å²) >= 11 is 0. The van der Waals surface area contributed by atoms with Crippen molar-refractivity contribution in [2.75, 3.05) is 20.2 Å². The van der Waals surface area contributed by atoms with Crippen molar-refractivity contribution < 1.29 is 29.0 Å². The van der Waals surface area contributed by atoms with Crippen molar-refractivity contribution in [2.24, 2.45) is 5.92 Å². The molecular weight excluding hydrogens is 448 g/mol. The number of likely N-dealkylation sites (N-methyl/N-ethyl adjacent to an activating group) is 1. The molecule has 2 aromatic carbocycles. The van der Waals surface area contributed by atoms with Crippen LogP contribution in [0.2, 0.25) is 0 Å². The zero-order valence-corrected chi connectivity index (χ0v) is 19.7. The van der Waals surface area contributed by atoms with Crippen molar-refractivity contribution in [2.45, 2.75) is 49.9 Å². The molecule has 8 nitrogen and oxygen atoms in total. The highest BCUT2D eigenvalue weighted by molar-refractivity contribution is 5.82. The molecule has 2 fully saturated rings. The van der Waals surface area contributed by atoms with Gasteiger partial charge in [-0.25, -0.2) is 4.79 Å². The van der Waals surface area contributed by atoms with E-state index in [2.05, 4.69) is 29.6 Å². The number of ether oxygens (including phenoxy) is 2. The highest BCUT2D eigenvalue weighted by Crippen LogP contribution is 2.44. The van der Waals surface area contributed by atoms with Gasteiger partial charge in [0.2, 0.25) is 0 Å². The molecular formula is C27H30N2O6. The average molecular weight is 479 g/mol. The van der Waals surface area contributed by atoms with Crippen LogP contribution in [0.25, 0.3) is 11.1 Å². The van der Waals surface area contributed by atoms with Crippen molar-refractivity contribution in [3.63, 3.8) is 0 Å². The minimum atomic E-state index is -0.807. The van der Waals surface area contributed by atoms with Crippen LogP contribution in [0.5, 0.6) is 0 Å². The van der Waals surface area contributed by atoms with E-state index >= 15 is 0 Å². The summed E-state index contributed by atoms with van der Waals surface area (Å²) in [6, 6.07) is 16.3. The van der Waals surface area contributed by atoms with Gasteiger partial charge in [0.25, 0.3) is 5.91 Å². The lowest BCUT2D eigenvalue weighted by atomic mass is 9.79. The van der Waals surface area contributed by atoms with E-state index in [1.54, 1.807) is 11.9 Å². The zero-order valence-electron chi connectivity index (χ0n) is 19.7. The molecule has 0 spiro atoms. The molecule has 2 unspecified atom stereocenters. The van der Waals surface area contributed by atoms with Gasteiger partial charge in [0.1, 0.15) is 12.7 Å². The van der Waals surface area contributed by atoms with E-state index in [0.717, 1.165) is 11.1 Å². The smallest absolute Gasteiger partial charge is 0.407 e. The quantitative estimate of drug-likeness (QED) is 0.632. The summed E-state index contributed by atoms with van der Waals surface area (Å²) in [4.78, 5) is 37.8. The van der Waals surface area contributed by atoms with E-state index in [1.807, 2.05) is 24.3 Å². The molecule has 1 saturated heterocycles. The van der Waals surface area contributed by atoms with Gasteiger partial charge in [-0.15, -0.1) is 0 Å². The fourth-order valence-corrected chi connectivity index (χ4v) is 5.40.